The Hall–Kier alpha value is -0.770. The molecule has 1 aromatic rings. The first kappa shape index (κ1) is 16.6. The summed E-state index contributed by atoms with van der Waals surface area (Å²) in [4.78, 5) is 1.50. The molecule has 21 heavy (non-hydrogen) atoms. The zero-order valence-electron chi connectivity index (χ0n) is 13.3. The lowest BCUT2D eigenvalue weighted by Crippen LogP contribution is -3.17. The fourth-order valence-electron chi connectivity index (χ4n) is 3.10. The number of aliphatic hydroxyl groups excluding tert-OH is 1. The monoisotopic (exact) mass is 312 g/mol. The molecule has 0 spiro atoms. The fourth-order valence-corrected chi connectivity index (χ4v) is 3.21. The summed E-state index contributed by atoms with van der Waals surface area (Å²) in [5, 5.41) is 11.0. The Bertz CT molecular complexity index is 455. The highest BCUT2D eigenvalue weighted by Gasteiger charge is 2.24. The molecule has 3 unspecified atom stereocenters. The second kappa shape index (κ2) is 7.48. The maximum Gasteiger partial charge on any atom is 0.137 e. The minimum absolute atomic E-state index is 0.344. The molecule has 118 valence electrons. The van der Waals surface area contributed by atoms with Crippen molar-refractivity contribution in [3.05, 3.63) is 28.3 Å². The Morgan fingerprint density at radius 3 is 2.62 bits per heavy atom. The van der Waals surface area contributed by atoms with Gasteiger partial charge >= 0.3 is 0 Å². The molecule has 1 aliphatic heterocycles. The number of aliphatic hydroxyl groups is 1. The Balaban J connectivity index is 1.85. The second-order valence-electron chi connectivity index (χ2n) is 6.35. The van der Waals surface area contributed by atoms with Crippen LogP contribution in [0.5, 0.6) is 5.75 Å². The molecule has 0 amide bonds. The molecule has 0 bridgehead atoms. The number of piperidine rings is 1. The summed E-state index contributed by atoms with van der Waals surface area (Å²) >= 11 is 6.15. The first-order valence-electron chi connectivity index (χ1n) is 7.89. The number of benzene rings is 1. The van der Waals surface area contributed by atoms with Crippen LogP contribution in [0, 0.1) is 13.8 Å². The lowest BCUT2D eigenvalue weighted by molar-refractivity contribution is -0.931. The van der Waals surface area contributed by atoms with Gasteiger partial charge in [-0.15, -0.1) is 0 Å². The van der Waals surface area contributed by atoms with E-state index in [4.69, 9.17) is 16.3 Å². The second-order valence-corrected chi connectivity index (χ2v) is 6.72. The van der Waals surface area contributed by atoms with E-state index in [-0.39, 0.29) is 0 Å². The van der Waals surface area contributed by atoms with E-state index in [1.54, 1.807) is 0 Å². The van der Waals surface area contributed by atoms with Crippen LogP contribution in [0.4, 0.5) is 0 Å². The zero-order chi connectivity index (χ0) is 15.4. The van der Waals surface area contributed by atoms with Crippen molar-refractivity contribution in [2.75, 3.05) is 19.7 Å². The van der Waals surface area contributed by atoms with Gasteiger partial charge in [0.25, 0.3) is 0 Å². The largest absolute Gasteiger partial charge is 0.491 e. The molecular weight excluding hydrogens is 286 g/mol. The quantitative estimate of drug-likeness (QED) is 0.873. The van der Waals surface area contributed by atoms with E-state index in [0.29, 0.717) is 12.6 Å². The van der Waals surface area contributed by atoms with Crippen LogP contribution in [0.2, 0.25) is 5.02 Å². The van der Waals surface area contributed by atoms with E-state index < -0.39 is 6.10 Å². The zero-order valence-corrected chi connectivity index (χ0v) is 14.0. The smallest absolute Gasteiger partial charge is 0.137 e. The normalized spacial score (nSPS) is 23.9. The molecule has 4 heteroatoms. The van der Waals surface area contributed by atoms with Crippen molar-refractivity contribution in [1.29, 1.82) is 0 Å². The molecular formula is C17H27ClNO2+. The summed E-state index contributed by atoms with van der Waals surface area (Å²) in [6.07, 6.45) is 3.43. The van der Waals surface area contributed by atoms with Gasteiger partial charge in [-0.1, -0.05) is 11.6 Å². The Labute approximate surface area is 132 Å². The third-order valence-electron chi connectivity index (χ3n) is 4.43. The fraction of sp³-hybridized carbons (Fsp3) is 0.647. The van der Waals surface area contributed by atoms with Crippen molar-refractivity contribution in [3.63, 3.8) is 0 Å². The predicted octanol–water partition coefficient (Wildman–Crippen LogP) is 2.15. The molecule has 0 aromatic heterocycles. The van der Waals surface area contributed by atoms with Crippen LogP contribution in [-0.4, -0.2) is 36.9 Å². The van der Waals surface area contributed by atoms with Gasteiger partial charge < -0.3 is 14.7 Å². The van der Waals surface area contributed by atoms with E-state index in [0.717, 1.165) is 35.0 Å². The van der Waals surface area contributed by atoms with E-state index in [1.165, 1.54) is 24.2 Å². The van der Waals surface area contributed by atoms with Gasteiger partial charge in [0.2, 0.25) is 0 Å². The standard InChI is InChI=1S/C17H26ClNO2/c1-12-8-16(9-13(2)17(12)18)21-11-15(20)10-19-7-5-4-6-14(19)3/h8-9,14-15,20H,4-7,10-11H2,1-3H3/p+1. The van der Waals surface area contributed by atoms with Gasteiger partial charge in [0.1, 0.15) is 25.0 Å². The number of nitrogens with one attached hydrogen (secondary N) is 1. The number of hydrogen-bond acceptors (Lipinski definition) is 2. The van der Waals surface area contributed by atoms with Gasteiger partial charge in [-0.3, -0.25) is 0 Å². The Morgan fingerprint density at radius 1 is 1.33 bits per heavy atom. The highest BCUT2D eigenvalue weighted by atomic mass is 35.5. The average molecular weight is 313 g/mol. The first-order valence-corrected chi connectivity index (χ1v) is 8.27. The molecule has 2 N–H and O–H groups in total. The minimum Gasteiger partial charge on any atom is -0.491 e. The highest BCUT2D eigenvalue weighted by molar-refractivity contribution is 6.32. The van der Waals surface area contributed by atoms with E-state index in [2.05, 4.69) is 6.92 Å². The van der Waals surface area contributed by atoms with E-state index in [1.807, 2.05) is 26.0 Å². The van der Waals surface area contributed by atoms with Crippen LogP contribution in [-0.2, 0) is 0 Å². The molecule has 1 heterocycles. The van der Waals surface area contributed by atoms with Crippen LogP contribution in [0.15, 0.2) is 12.1 Å². The number of quaternary nitrogens is 1. The summed E-state index contributed by atoms with van der Waals surface area (Å²) in [7, 11) is 0. The van der Waals surface area contributed by atoms with Crippen molar-refractivity contribution in [2.45, 2.75) is 52.2 Å². The topological polar surface area (TPSA) is 33.9 Å². The van der Waals surface area contributed by atoms with Crippen LogP contribution in [0.25, 0.3) is 0 Å². The van der Waals surface area contributed by atoms with Crippen LogP contribution in [0.3, 0.4) is 0 Å². The van der Waals surface area contributed by atoms with E-state index in [9.17, 15) is 5.11 Å². The molecule has 3 atom stereocenters. The van der Waals surface area contributed by atoms with E-state index >= 15 is 0 Å². The maximum absolute atomic E-state index is 10.2. The molecule has 0 aliphatic carbocycles. The van der Waals surface area contributed by atoms with Crippen molar-refractivity contribution in [1.82, 2.24) is 0 Å². The molecule has 2 rings (SSSR count). The number of halogens is 1. The summed E-state index contributed by atoms with van der Waals surface area (Å²) < 4.78 is 5.74. The minimum atomic E-state index is -0.420. The average Bonchev–Trinajstić information content (AvgIpc) is 2.45. The molecule has 1 saturated heterocycles. The first-order chi connectivity index (χ1) is 9.97. The van der Waals surface area contributed by atoms with Gasteiger partial charge in [0.15, 0.2) is 0 Å². The number of hydrogen-bond donors (Lipinski definition) is 2. The Morgan fingerprint density at radius 2 is 2.00 bits per heavy atom. The summed E-state index contributed by atoms with van der Waals surface area (Å²) in [5.74, 6) is 0.787. The highest BCUT2D eigenvalue weighted by Crippen LogP contribution is 2.25. The number of aryl methyl sites for hydroxylation is 2. The lowest BCUT2D eigenvalue weighted by atomic mass is 10.0. The van der Waals surface area contributed by atoms with Gasteiger partial charge in [-0.2, -0.15) is 0 Å². The molecule has 0 saturated carbocycles. The van der Waals surface area contributed by atoms with Crippen LogP contribution < -0.4 is 9.64 Å². The number of rotatable bonds is 5. The van der Waals surface area contributed by atoms with Crippen LogP contribution in [0.1, 0.15) is 37.3 Å². The predicted molar refractivity (Wildman–Crippen MR) is 86.4 cm³/mol. The molecule has 3 nitrogen and oxygen atoms in total. The van der Waals surface area contributed by atoms with Crippen molar-refractivity contribution in [3.8, 4) is 5.75 Å². The maximum atomic E-state index is 10.2. The number of ether oxygens (including phenoxy) is 1. The molecule has 1 fully saturated rings. The van der Waals surface area contributed by atoms with Gasteiger partial charge in [-0.25, -0.2) is 0 Å². The third-order valence-corrected chi connectivity index (χ3v) is 5.03. The van der Waals surface area contributed by atoms with Gasteiger partial charge in [0.05, 0.1) is 12.6 Å². The molecule has 1 aliphatic rings. The van der Waals surface area contributed by atoms with Gasteiger partial charge in [0, 0.05) is 5.02 Å². The van der Waals surface area contributed by atoms with Crippen molar-refractivity contribution in [2.24, 2.45) is 0 Å². The summed E-state index contributed by atoms with van der Waals surface area (Å²) in [6.45, 7) is 8.49. The van der Waals surface area contributed by atoms with Crippen molar-refractivity contribution >= 4 is 11.6 Å². The van der Waals surface area contributed by atoms with Crippen molar-refractivity contribution < 1.29 is 14.7 Å². The third kappa shape index (κ3) is 4.60. The SMILES string of the molecule is Cc1cc(OCC(O)C[NH+]2CCCCC2C)cc(C)c1Cl. The Kier molecular flexibility index (Phi) is 5.91. The molecule has 1 aromatic carbocycles. The molecule has 0 radical (unpaired) electrons. The summed E-state index contributed by atoms with van der Waals surface area (Å²) in [6, 6.07) is 4.50. The summed E-state index contributed by atoms with van der Waals surface area (Å²) in [5.41, 5.74) is 2.02. The lowest BCUT2D eigenvalue weighted by Gasteiger charge is -2.31. The number of likely N-dealkylation sites (tertiary alicyclic amines) is 1. The van der Waals surface area contributed by atoms with Gasteiger partial charge in [-0.05, 0) is 63.3 Å². The van der Waals surface area contributed by atoms with Crippen LogP contribution >= 0.6 is 11.6 Å².